The fourth-order valence-electron chi connectivity index (χ4n) is 1.45. The van der Waals surface area contributed by atoms with Crippen molar-refractivity contribution in [3.05, 3.63) is 22.4 Å². The number of hydrogen-bond donors (Lipinski definition) is 3. The molecular formula is C10H15N5S. The van der Waals surface area contributed by atoms with E-state index in [0.717, 1.165) is 13.0 Å². The Kier molecular flexibility index (Phi) is 3.40. The largest absolute Gasteiger partial charge is 0.370 e. The molecule has 0 fully saturated rings. The van der Waals surface area contributed by atoms with Crippen molar-refractivity contribution in [2.75, 3.05) is 6.54 Å². The van der Waals surface area contributed by atoms with E-state index < -0.39 is 0 Å². The van der Waals surface area contributed by atoms with E-state index in [4.69, 9.17) is 5.73 Å². The molecule has 4 N–H and O–H groups in total. The zero-order valence-electron chi connectivity index (χ0n) is 9.10. The van der Waals surface area contributed by atoms with Crippen molar-refractivity contribution in [3.63, 3.8) is 0 Å². The van der Waals surface area contributed by atoms with Gasteiger partial charge in [-0.1, -0.05) is 6.07 Å². The fourth-order valence-corrected chi connectivity index (χ4v) is 2.14. The Hall–Kier alpha value is -1.56. The molecule has 1 unspecified atom stereocenters. The minimum Gasteiger partial charge on any atom is -0.370 e. The van der Waals surface area contributed by atoms with E-state index in [1.54, 1.807) is 11.3 Å². The summed E-state index contributed by atoms with van der Waals surface area (Å²) in [5, 5.41) is 8.07. The molecule has 16 heavy (non-hydrogen) atoms. The van der Waals surface area contributed by atoms with Crippen molar-refractivity contribution in [2.24, 2.45) is 15.7 Å². The van der Waals surface area contributed by atoms with Gasteiger partial charge >= 0.3 is 0 Å². The highest BCUT2D eigenvalue weighted by Crippen LogP contribution is 2.08. The lowest BCUT2D eigenvalue weighted by Gasteiger charge is -2.20. The quantitative estimate of drug-likeness (QED) is 0.716. The normalized spacial score (nSPS) is 22.4. The minimum atomic E-state index is -0.0123. The first-order valence-electron chi connectivity index (χ1n) is 5.18. The van der Waals surface area contributed by atoms with Crippen LogP contribution in [0.1, 0.15) is 11.8 Å². The van der Waals surface area contributed by atoms with Crippen molar-refractivity contribution in [1.82, 2.24) is 10.6 Å². The first-order chi connectivity index (χ1) is 7.74. The van der Waals surface area contributed by atoms with E-state index in [2.05, 4.69) is 38.1 Å². The number of hydrogen-bond acceptors (Lipinski definition) is 4. The molecule has 0 spiro atoms. The van der Waals surface area contributed by atoms with Crippen LogP contribution in [0.25, 0.3) is 0 Å². The van der Waals surface area contributed by atoms with Crippen LogP contribution in [0.15, 0.2) is 27.5 Å². The Morgan fingerprint density at radius 3 is 3.19 bits per heavy atom. The number of nitrogens with zero attached hydrogens (tertiary/aromatic N) is 2. The van der Waals surface area contributed by atoms with Gasteiger partial charge in [-0.3, -0.25) is 10.3 Å². The van der Waals surface area contributed by atoms with Crippen LogP contribution >= 0.6 is 11.3 Å². The van der Waals surface area contributed by atoms with Gasteiger partial charge in [-0.05, 0) is 18.4 Å². The van der Waals surface area contributed by atoms with Crippen molar-refractivity contribution in [2.45, 2.75) is 19.5 Å². The Labute approximate surface area is 98.5 Å². The maximum atomic E-state index is 5.60. The molecule has 2 heterocycles. The summed E-state index contributed by atoms with van der Waals surface area (Å²) in [5.41, 5.74) is 5.60. The van der Waals surface area contributed by atoms with Crippen molar-refractivity contribution >= 4 is 23.3 Å². The minimum absolute atomic E-state index is 0.0123. The predicted molar refractivity (Wildman–Crippen MR) is 67.7 cm³/mol. The lowest BCUT2D eigenvalue weighted by Crippen LogP contribution is -2.52. The summed E-state index contributed by atoms with van der Waals surface area (Å²) in [5.74, 6) is 1.12. The first kappa shape index (κ1) is 10.9. The number of guanidine groups is 2. The summed E-state index contributed by atoms with van der Waals surface area (Å²) in [4.78, 5) is 9.83. The monoisotopic (exact) mass is 237 g/mol. The molecule has 86 valence electrons. The zero-order valence-corrected chi connectivity index (χ0v) is 9.92. The van der Waals surface area contributed by atoms with Gasteiger partial charge in [0.2, 0.25) is 0 Å². The van der Waals surface area contributed by atoms with E-state index >= 15 is 0 Å². The average Bonchev–Trinajstić information content (AvgIpc) is 2.69. The molecule has 0 saturated carbocycles. The number of aliphatic imine (C=N–C) groups is 2. The standard InChI is InChI=1S/C10H15N5S/c1-7-13-9(11)15-10(14-7)12-5-4-8-3-2-6-16-8/h2-3,6-7H,4-5H2,1H3,(H4,11,12,13,14,15). The van der Waals surface area contributed by atoms with E-state index in [9.17, 15) is 0 Å². The zero-order chi connectivity index (χ0) is 11.4. The van der Waals surface area contributed by atoms with Crippen molar-refractivity contribution in [1.29, 1.82) is 0 Å². The fraction of sp³-hybridized carbons (Fsp3) is 0.400. The van der Waals surface area contributed by atoms with Crippen LogP contribution in [0.5, 0.6) is 0 Å². The summed E-state index contributed by atoms with van der Waals surface area (Å²) in [6.45, 7) is 2.68. The van der Waals surface area contributed by atoms with Crippen LogP contribution in [0, 0.1) is 0 Å². The number of nitrogens with one attached hydrogen (secondary N) is 2. The van der Waals surface area contributed by atoms with Crippen molar-refractivity contribution in [3.8, 4) is 0 Å². The molecule has 1 aromatic heterocycles. The number of rotatable bonds is 3. The summed E-state index contributed by atoms with van der Waals surface area (Å²) in [6, 6.07) is 4.17. The second-order valence-electron chi connectivity index (χ2n) is 3.52. The van der Waals surface area contributed by atoms with Gasteiger partial charge < -0.3 is 11.1 Å². The highest BCUT2D eigenvalue weighted by Gasteiger charge is 2.11. The molecule has 0 aliphatic carbocycles. The van der Waals surface area contributed by atoms with Crippen LogP contribution in [-0.2, 0) is 6.42 Å². The first-order valence-corrected chi connectivity index (χ1v) is 6.05. The second kappa shape index (κ2) is 4.98. The van der Waals surface area contributed by atoms with Crippen LogP contribution < -0.4 is 16.4 Å². The van der Waals surface area contributed by atoms with Crippen LogP contribution in [0.3, 0.4) is 0 Å². The van der Waals surface area contributed by atoms with Gasteiger partial charge in [0.15, 0.2) is 11.9 Å². The van der Waals surface area contributed by atoms with Gasteiger partial charge in [0.25, 0.3) is 0 Å². The maximum Gasteiger partial charge on any atom is 0.199 e. The lowest BCUT2D eigenvalue weighted by atomic mass is 10.3. The highest BCUT2D eigenvalue weighted by atomic mass is 32.1. The molecule has 1 aliphatic rings. The molecular weight excluding hydrogens is 222 g/mol. The maximum absolute atomic E-state index is 5.60. The van der Waals surface area contributed by atoms with Gasteiger partial charge in [0.05, 0.1) is 0 Å². The molecule has 5 nitrogen and oxygen atoms in total. The van der Waals surface area contributed by atoms with E-state index in [1.807, 2.05) is 6.92 Å². The average molecular weight is 237 g/mol. The van der Waals surface area contributed by atoms with Crippen LogP contribution in [-0.4, -0.2) is 24.6 Å². The van der Waals surface area contributed by atoms with Gasteiger partial charge in [-0.2, -0.15) is 0 Å². The third kappa shape index (κ3) is 2.96. The number of nitrogens with two attached hydrogens (primary N) is 1. The second-order valence-corrected chi connectivity index (χ2v) is 4.55. The summed E-state index contributed by atoms with van der Waals surface area (Å²) in [7, 11) is 0. The molecule has 1 aromatic rings. The predicted octanol–water partition coefficient (Wildman–Crippen LogP) is 0.500. The van der Waals surface area contributed by atoms with E-state index in [-0.39, 0.29) is 6.17 Å². The highest BCUT2D eigenvalue weighted by molar-refractivity contribution is 7.09. The summed E-state index contributed by atoms with van der Waals surface area (Å²) >= 11 is 1.75. The molecule has 2 rings (SSSR count). The molecule has 1 aliphatic heterocycles. The Morgan fingerprint density at radius 2 is 2.50 bits per heavy atom. The van der Waals surface area contributed by atoms with E-state index in [0.29, 0.717) is 11.9 Å². The summed E-state index contributed by atoms with van der Waals surface area (Å²) < 4.78 is 0. The molecule has 0 saturated heterocycles. The van der Waals surface area contributed by atoms with Gasteiger partial charge in [0.1, 0.15) is 6.17 Å². The Balaban J connectivity index is 1.86. The molecule has 1 atom stereocenters. The lowest BCUT2D eigenvalue weighted by molar-refractivity contribution is 0.663. The molecule has 0 aromatic carbocycles. The van der Waals surface area contributed by atoms with Gasteiger partial charge in [-0.15, -0.1) is 11.3 Å². The van der Waals surface area contributed by atoms with E-state index in [1.165, 1.54) is 4.88 Å². The summed E-state index contributed by atoms with van der Waals surface area (Å²) in [6.07, 6.45) is 0.942. The third-order valence-electron chi connectivity index (χ3n) is 2.13. The van der Waals surface area contributed by atoms with Crippen molar-refractivity contribution < 1.29 is 0 Å². The van der Waals surface area contributed by atoms with Gasteiger partial charge in [-0.25, -0.2) is 4.99 Å². The van der Waals surface area contributed by atoms with Crippen LogP contribution in [0.2, 0.25) is 0 Å². The molecule has 0 radical (unpaired) electrons. The van der Waals surface area contributed by atoms with Crippen LogP contribution in [0.4, 0.5) is 0 Å². The Morgan fingerprint density at radius 1 is 1.62 bits per heavy atom. The number of thiophene rings is 1. The SMILES string of the molecule is CC1N=C(N)NC(=NCCc2cccs2)N1. The topological polar surface area (TPSA) is 74.8 Å². The molecule has 6 heteroatoms. The third-order valence-corrected chi connectivity index (χ3v) is 3.07. The smallest absolute Gasteiger partial charge is 0.199 e. The molecule has 0 amide bonds. The molecule has 0 bridgehead atoms. The van der Waals surface area contributed by atoms with Gasteiger partial charge in [0, 0.05) is 17.8 Å². The Bertz CT molecular complexity index is 395.